The lowest BCUT2D eigenvalue weighted by atomic mass is 9.93. The highest BCUT2D eigenvalue weighted by Gasteiger charge is 2.31. The Balaban J connectivity index is 0.000000200. The van der Waals surface area contributed by atoms with E-state index in [2.05, 4.69) is 59.1 Å². The van der Waals surface area contributed by atoms with Gasteiger partial charge in [0, 0.05) is 12.6 Å². The summed E-state index contributed by atoms with van der Waals surface area (Å²) in [6.45, 7) is 9.95. The largest absolute Gasteiger partial charge is 0.329 e. The van der Waals surface area contributed by atoms with Gasteiger partial charge in [0.1, 0.15) is 16.9 Å². The number of hydrogen-bond donors (Lipinski definition) is 2. The van der Waals surface area contributed by atoms with E-state index < -0.39 is 0 Å². The molecule has 0 saturated heterocycles. The molecule has 4 rings (SSSR count). The summed E-state index contributed by atoms with van der Waals surface area (Å²) < 4.78 is 13.7. The van der Waals surface area contributed by atoms with Gasteiger partial charge in [0.25, 0.3) is 0 Å². The molecule has 5 nitrogen and oxygen atoms in total. The fraction of sp³-hybridized carbons (Fsp3) is 0.522. The van der Waals surface area contributed by atoms with Crippen LogP contribution in [0.1, 0.15) is 39.3 Å². The maximum Gasteiger partial charge on any atom is 0.188 e. The first-order valence-corrected chi connectivity index (χ1v) is 11.4. The fourth-order valence-electron chi connectivity index (χ4n) is 3.37. The van der Waals surface area contributed by atoms with Crippen LogP contribution in [0.4, 0.5) is 4.39 Å². The van der Waals surface area contributed by atoms with Gasteiger partial charge in [-0.1, -0.05) is 37.8 Å². The second-order valence-corrected chi connectivity index (χ2v) is 8.79. The molecular formula is C23H32FN5S. The number of fused-ring (bicyclic) bond motifs is 1. The van der Waals surface area contributed by atoms with E-state index in [9.17, 15) is 4.39 Å². The van der Waals surface area contributed by atoms with Crippen molar-refractivity contribution in [2.75, 3.05) is 18.8 Å². The molecule has 162 valence electrons. The predicted molar refractivity (Wildman–Crippen MR) is 125 cm³/mol. The second-order valence-electron chi connectivity index (χ2n) is 7.56. The van der Waals surface area contributed by atoms with Crippen LogP contribution < -0.4 is 11.1 Å². The van der Waals surface area contributed by atoms with Crippen LogP contribution >= 0.6 is 11.8 Å². The van der Waals surface area contributed by atoms with E-state index in [-0.39, 0.29) is 5.82 Å². The van der Waals surface area contributed by atoms with E-state index in [0.717, 1.165) is 47.5 Å². The summed E-state index contributed by atoms with van der Waals surface area (Å²) in [5.41, 5.74) is 8.01. The number of terminal acetylenes is 1. The summed E-state index contributed by atoms with van der Waals surface area (Å²) in [6, 6.07) is 0.452. The minimum atomic E-state index is -0.312. The summed E-state index contributed by atoms with van der Waals surface area (Å²) >= 11 is 1.52. The van der Waals surface area contributed by atoms with Crippen molar-refractivity contribution in [3.8, 4) is 24.2 Å². The first kappa shape index (κ1) is 24.3. The number of allylic oxidation sites excluding steroid dienone is 2. The van der Waals surface area contributed by atoms with Crippen LogP contribution in [0.5, 0.6) is 0 Å². The molecule has 0 amide bonds. The summed E-state index contributed by atoms with van der Waals surface area (Å²) in [5.74, 6) is 2.10. The molecule has 0 saturated carbocycles. The van der Waals surface area contributed by atoms with Gasteiger partial charge in [-0.05, 0) is 50.8 Å². The maximum atomic E-state index is 13.7. The molecule has 2 aliphatic rings. The van der Waals surface area contributed by atoms with Gasteiger partial charge in [-0.2, -0.15) is 0 Å². The van der Waals surface area contributed by atoms with E-state index in [1.54, 1.807) is 6.92 Å². The Kier molecular flexibility index (Phi) is 9.22. The standard InChI is InChI=1S/C11H22N2.C10H8FN3S.C2H2/c1-9(8-13-10(2)7-12)11-5-3-4-6-11;1-3-15-10-13-7-5-8(9(5)14-10)12-4(2)6(7)11;1-2/h3,5,9-11,13H,4,6-8,12H2,1-2H3;3H2,1-2H3;1-2H/t9?,10?,11-;;/m1../s1. The van der Waals surface area contributed by atoms with Crippen LogP contribution in [0, 0.1) is 37.4 Å². The summed E-state index contributed by atoms with van der Waals surface area (Å²) in [6.07, 6.45) is 15.3. The molecule has 30 heavy (non-hydrogen) atoms. The topological polar surface area (TPSA) is 76.7 Å². The number of nitrogens with zero attached hydrogens (tertiary/aromatic N) is 3. The lowest BCUT2D eigenvalue weighted by Crippen LogP contribution is -2.37. The van der Waals surface area contributed by atoms with Crippen molar-refractivity contribution >= 4 is 22.7 Å². The number of aromatic nitrogens is 3. The van der Waals surface area contributed by atoms with Gasteiger partial charge in [0.15, 0.2) is 11.0 Å². The maximum absolute atomic E-state index is 13.7. The molecule has 3 atom stereocenters. The van der Waals surface area contributed by atoms with Gasteiger partial charge in [0.2, 0.25) is 0 Å². The molecule has 3 N–H and O–H groups in total. The van der Waals surface area contributed by atoms with E-state index >= 15 is 0 Å². The minimum Gasteiger partial charge on any atom is -0.329 e. The highest BCUT2D eigenvalue weighted by Crippen LogP contribution is 2.45. The van der Waals surface area contributed by atoms with Gasteiger partial charge in [-0.3, -0.25) is 0 Å². The number of aryl methyl sites for hydroxylation is 1. The molecule has 2 aromatic heterocycles. The summed E-state index contributed by atoms with van der Waals surface area (Å²) in [4.78, 5) is 12.6. The zero-order valence-corrected chi connectivity index (χ0v) is 19.1. The Bertz CT molecular complexity index is 912. The quantitative estimate of drug-likeness (QED) is 0.252. The molecule has 7 heteroatoms. The number of pyridine rings is 1. The first-order chi connectivity index (χ1) is 14.5. The highest BCUT2D eigenvalue weighted by molar-refractivity contribution is 7.99. The van der Waals surface area contributed by atoms with Crippen molar-refractivity contribution in [2.24, 2.45) is 17.6 Å². The van der Waals surface area contributed by atoms with E-state index in [1.807, 2.05) is 6.92 Å². The van der Waals surface area contributed by atoms with Crippen molar-refractivity contribution in [2.45, 2.75) is 51.7 Å². The van der Waals surface area contributed by atoms with Crippen LogP contribution in [0.25, 0.3) is 22.3 Å². The van der Waals surface area contributed by atoms with Crippen LogP contribution in [-0.2, 0) is 0 Å². The third kappa shape index (κ3) is 5.78. The lowest BCUT2D eigenvalue weighted by Gasteiger charge is -2.20. The Morgan fingerprint density at radius 2 is 1.97 bits per heavy atom. The number of thioether (sulfide) groups is 1. The molecular weight excluding hydrogens is 397 g/mol. The van der Waals surface area contributed by atoms with Crippen molar-refractivity contribution in [3.05, 3.63) is 23.7 Å². The molecule has 0 aliphatic heterocycles. The van der Waals surface area contributed by atoms with Gasteiger partial charge in [-0.15, -0.1) is 12.8 Å². The van der Waals surface area contributed by atoms with Crippen molar-refractivity contribution < 1.29 is 4.39 Å². The predicted octanol–water partition coefficient (Wildman–Crippen LogP) is 4.34. The first-order valence-electron chi connectivity index (χ1n) is 10.4. The molecule has 0 fully saturated rings. The van der Waals surface area contributed by atoms with Gasteiger partial charge in [-0.25, -0.2) is 19.3 Å². The van der Waals surface area contributed by atoms with Crippen molar-refractivity contribution in [3.63, 3.8) is 0 Å². The average Bonchev–Trinajstić information content (AvgIpc) is 3.19. The van der Waals surface area contributed by atoms with E-state index in [4.69, 9.17) is 5.73 Å². The Morgan fingerprint density at radius 3 is 2.57 bits per heavy atom. The van der Waals surface area contributed by atoms with Gasteiger partial charge in [0.05, 0.1) is 11.1 Å². The molecule has 0 bridgehead atoms. The van der Waals surface area contributed by atoms with Crippen LogP contribution in [0.2, 0.25) is 0 Å². The van der Waals surface area contributed by atoms with Crippen LogP contribution in [0.15, 0.2) is 17.3 Å². The zero-order chi connectivity index (χ0) is 22.3. The van der Waals surface area contributed by atoms with E-state index in [0.29, 0.717) is 22.4 Å². The molecule has 2 aromatic rings. The second kappa shape index (κ2) is 11.4. The molecule has 0 spiro atoms. The number of rotatable bonds is 7. The fourth-order valence-corrected chi connectivity index (χ4v) is 3.94. The van der Waals surface area contributed by atoms with Crippen LogP contribution in [0.3, 0.4) is 0 Å². The smallest absolute Gasteiger partial charge is 0.188 e. The van der Waals surface area contributed by atoms with Gasteiger partial charge >= 0.3 is 0 Å². The molecule has 0 aromatic carbocycles. The number of hydrogen-bond acceptors (Lipinski definition) is 6. The normalized spacial score (nSPS) is 17.5. The average molecular weight is 430 g/mol. The third-order valence-corrected chi connectivity index (χ3v) is 6.02. The SMILES string of the molecule is C#C.CC(CN)NCC(C)[C@@H]1C=CCC1.CCSc1nc2c3c-2nc(C)c(F)c3n1. The number of nitrogens with two attached hydrogens (primary N) is 1. The third-order valence-electron chi connectivity index (χ3n) is 5.29. The zero-order valence-electron chi connectivity index (χ0n) is 18.3. The van der Waals surface area contributed by atoms with Crippen molar-refractivity contribution in [1.29, 1.82) is 0 Å². The molecule has 0 radical (unpaired) electrons. The minimum absolute atomic E-state index is 0.312. The Morgan fingerprint density at radius 1 is 1.27 bits per heavy atom. The number of halogens is 1. The Hall–Kier alpha value is -2.01. The monoisotopic (exact) mass is 429 g/mol. The van der Waals surface area contributed by atoms with Crippen LogP contribution in [-0.4, -0.2) is 39.8 Å². The van der Waals surface area contributed by atoms with E-state index in [1.165, 1.54) is 24.6 Å². The summed E-state index contributed by atoms with van der Waals surface area (Å²) in [5, 5.41) is 4.89. The highest BCUT2D eigenvalue weighted by atomic mass is 32.2. The molecule has 2 unspecified atom stereocenters. The molecule has 2 aliphatic carbocycles. The number of nitrogens with one attached hydrogen (secondary N) is 1. The molecule has 2 heterocycles. The van der Waals surface area contributed by atoms with Gasteiger partial charge < -0.3 is 11.1 Å². The summed E-state index contributed by atoms with van der Waals surface area (Å²) in [7, 11) is 0. The Labute approximate surface area is 183 Å². The lowest BCUT2D eigenvalue weighted by molar-refractivity contribution is 0.378. The van der Waals surface area contributed by atoms with Crippen molar-refractivity contribution in [1.82, 2.24) is 20.3 Å².